The standard InChI is InChI=1S/C15H23NO4S/c1-11(2)20-14-4-6-15(7-5-14)21(18,19)16-9-12(3)8-13(16)10-17/h4-7,11-13,17H,8-10H2,1-3H3/t12-,13+/m0/s1. The minimum atomic E-state index is -3.56. The molecule has 0 aliphatic carbocycles. The van der Waals surface area contributed by atoms with E-state index >= 15 is 0 Å². The summed E-state index contributed by atoms with van der Waals surface area (Å²) in [6.45, 7) is 6.15. The van der Waals surface area contributed by atoms with Gasteiger partial charge in [-0.15, -0.1) is 0 Å². The summed E-state index contributed by atoms with van der Waals surface area (Å²) in [5.74, 6) is 0.915. The molecule has 0 unspecified atom stereocenters. The topological polar surface area (TPSA) is 66.8 Å². The average Bonchev–Trinajstić information content (AvgIpc) is 2.80. The summed E-state index contributed by atoms with van der Waals surface area (Å²) in [5.41, 5.74) is 0. The van der Waals surface area contributed by atoms with Gasteiger partial charge in [-0.1, -0.05) is 6.92 Å². The SMILES string of the molecule is CC(C)Oc1ccc(S(=O)(=O)N2C[C@@H](C)C[C@@H]2CO)cc1. The molecule has 0 radical (unpaired) electrons. The van der Waals surface area contributed by atoms with Gasteiger partial charge in [-0.2, -0.15) is 4.31 Å². The van der Waals surface area contributed by atoms with Crippen molar-refractivity contribution in [3.8, 4) is 5.75 Å². The van der Waals surface area contributed by atoms with Crippen LogP contribution in [0.1, 0.15) is 27.2 Å². The second-order valence-corrected chi connectivity index (χ2v) is 7.78. The maximum Gasteiger partial charge on any atom is 0.243 e. The Morgan fingerprint density at radius 2 is 1.95 bits per heavy atom. The largest absolute Gasteiger partial charge is 0.491 e. The summed E-state index contributed by atoms with van der Waals surface area (Å²) < 4.78 is 32.2. The summed E-state index contributed by atoms with van der Waals surface area (Å²) in [6.07, 6.45) is 0.746. The van der Waals surface area contributed by atoms with E-state index in [1.54, 1.807) is 24.3 Å². The molecule has 0 spiro atoms. The lowest BCUT2D eigenvalue weighted by molar-refractivity contribution is 0.213. The summed E-state index contributed by atoms with van der Waals surface area (Å²) >= 11 is 0. The molecule has 2 rings (SSSR count). The molecule has 1 aromatic carbocycles. The van der Waals surface area contributed by atoms with Crippen molar-refractivity contribution in [1.29, 1.82) is 0 Å². The van der Waals surface area contributed by atoms with Crippen molar-refractivity contribution in [1.82, 2.24) is 4.31 Å². The third-order valence-electron chi connectivity index (χ3n) is 3.59. The third-order valence-corrected chi connectivity index (χ3v) is 5.52. The van der Waals surface area contributed by atoms with Crippen LogP contribution in [0.15, 0.2) is 29.2 Å². The van der Waals surface area contributed by atoms with Crippen molar-refractivity contribution < 1.29 is 18.3 Å². The van der Waals surface area contributed by atoms with Crippen LogP contribution >= 0.6 is 0 Å². The fourth-order valence-corrected chi connectivity index (χ4v) is 4.42. The van der Waals surface area contributed by atoms with Crippen molar-refractivity contribution in [3.63, 3.8) is 0 Å². The Bertz CT molecular complexity index is 568. The Balaban J connectivity index is 2.23. The molecule has 1 heterocycles. The van der Waals surface area contributed by atoms with Crippen LogP contribution in [0, 0.1) is 5.92 Å². The van der Waals surface area contributed by atoms with Crippen molar-refractivity contribution in [2.45, 2.75) is 44.2 Å². The Labute approximate surface area is 126 Å². The molecule has 0 amide bonds. The Morgan fingerprint density at radius 1 is 1.33 bits per heavy atom. The van der Waals surface area contributed by atoms with Gasteiger partial charge in [0.1, 0.15) is 5.75 Å². The van der Waals surface area contributed by atoms with E-state index in [0.29, 0.717) is 18.7 Å². The molecule has 1 aromatic rings. The quantitative estimate of drug-likeness (QED) is 0.901. The first-order valence-electron chi connectivity index (χ1n) is 7.24. The molecule has 0 saturated carbocycles. The number of ether oxygens (including phenoxy) is 1. The van der Waals surface area contributed by atoms with Crippen LogP contribution in [0.4, 0.5) is 0 Å². The lowest BCUT2D eigenvalue weighted by Crippen LogP contribution is -2.37. The highest BCUT2D eigenvalue weighted by Crippen LogP contribution is 2.29. The zero-order valence-corrected chi connectivity index (χ0v) is 13.5. The second kappa shape index (κ2) is 6.34. The molecule has 21 heavy (non-hydrogen) atoms. The number of benzene rings is 1. The summed E-state index contributed by atoms with van der Waals surface area (Å²) in [6, 6.07) is 6.13. The predicted octanol–water partition coefficient (Wildman–Crippen LogP) is 1.87. The molecule has 6 heteroatoms. The van der Waals surface area contributed by atoms with Gasteiger partial charge in [0.05, 0.1) is 17.6 Å². The van der Waals surface area contributed by atoms with Crippen LogP contribution in [0.3, 0.4) is 0 Å². The fourth-order valence-electron chi connectivity index (χ4n) is 2.67. The van der Waals surface area contributed by atoms with Gasteiger partial charge in [0.2, 0.25) is 10.0 Å². The van der Waals surface area contributed by atoms with Crippen LogP contribution in [0.25, 0.3) is 0 Å². The van der Waals surface area contributed by atoms with Crippen molar-refractivity contribution in [2.24, 2.45) is 5.92 Å². The van der Waals surface area contributed by atoms with Crippen molar-refractivity contribution in [3.05, 3.63) is 24.3 Å². The summed E-state index contributed by atoms with van der Waals surface area (Å²) in [4.78, 5) is 0.242. The van der Waals surface area contributed by atoms with Crippen LogP contribution < -0.4 is 4.74 Å². The van der Waals surface area contributed by atoms with Crippen LogP contribution in [0.2, 0.25) is 0 Å². The number of aliphatic hydroxyl groups excluding tert-OH is 1. The molecule has 1 saturated heterocycles. The van der Waals surface area contributed by atoms with E-state index < -0.39 is 10.0 Å². The maximum atomic E-state index is 12.7. The minimum Gasteiger partial charge on any atom is -0.491 e. The molecule has 1 aliphatic rings. The van der Waals surface area contributed by atoms with Gasteiger partial charge in [0.15, 0.2) is 0 Å². The van der Waals surface area contributed by atoms with Gasteiger partial charge in [-0.25, -0.2) is 8.42 Å². The monoisotopic (exact) mass is 313 g/mol. The smallest absolute Gasteiger partial charge is 0.243 e. The molecular weight excluding hydrogens is 290 g/mol. The Hall–Kier alpha value is -1.11. The summed E-state index contributed by atoms with van der Waals surface area (Å²) in [7, 11) is -3.56. The van der Waals surface area contributed by atoms with Gasteiger partial charge in [0.25, 0.3) is 0 Å². The van der Waals surface area contributed by atoms with E-state index in [1.807, 2.05) is 20.8 Å². The predicted molar refractivity (Wildman–Crippen MR) is 80.8 cm³/mol. The van der Waals surface area contributed by atoms with Gasteiger partial charge in [0, 0.05) is 12.6 Å². The van der Waals surface area contributed by atoms with E-state index in [4.69, 9.17) is 4.74 Å². The van der Waals surface area contributed by atoms with E-state index in [-0.39, 0.29) is 29.6 Å². The number of hydrogen-bond acceptors (Lipinski definition) is 4. The van der Waals surface area contributed by atoms with Crippen LogP contribution in [-0.4, -0.2) is 43.1 Å². The normalized spacial score (nSPS) is 23.7. The van der Waals surface area contributed by atoms with Crippen molar-refractivity contribution >= 4 is 10.0 Å². The lowest BCUT2D eigenvalue weighted by Gasteiger charge is -2.22. The number of nitrogens with zero attached hydrogens (tertiary/aromatic N) is 1. The molecule has 118 valence electrons. The van der Waals surface area contributed by atoms with E-state index in [0.717, 1.165) is 0 Å². The summed E-state index contributed by atoms with van der Waals surface area (Å²) in [5, 5.41) is 9.38. The average molecular weight is 313 g/mol. The number of aliphatic hydroxyl groups is 1. The van der Waals surface area contributed by atoms with Crippen LogP contribution in [-0.2, 0) is 10.0 Å². The second-order valence-electron chi connectivity index (χ2n) is 5.89. The van der Waals surface area contributed by atoms with Gasteiger partial charge in [-0.05, 0) is 50.5 Å². The van der Waals surface area contributed by atoms with Gasteiger partial charge < -0.3 is 9.84 Å². The number of hydrogen-bond donors (Lipinski definition) is 1. The zero-order valence-electron chi connectivity index (χ0n) is 12.7. The minimum absolute atomic E-state index is 0.0469. The molecule has 0 bridgehead atoms. The highest BCUT2D eigenvalue weighted by atomic mass is 32.2. The first-order valence-corrected chi connectivity index (χ1v) is 8.68. The number of sulfonamides is 1. The van der Waals surface area contributed by atoms with E-state index in [2.05, 4.69) is 0 Å². The molecular formula is C15H23NO4S. The number of rotatable bonds is 5. The third kappa shape index (κ3) is 3.56. The molecule has 0 aromatic heterocycles. The van der Waals surface area contributed by atoms with E-state index in [1.165, 1.54) is 4.31 Å². The maximum absolute atomic E-state index is 12.7. The molecule has 5 nitrogen and oxygen atoms in total. The highest BCUT2D eigenvalue weighted by molar-refractivity contribution is 7.89. The van der Waals surface area contributed by atoms with Gasteiger partial charge >= 0.3 is 0 Å². The van der Waals surface area contributed by atoms with E-state index in [9.17, 15) is 13.5 Å². The van der Waals surface area contributed by atoms with Crippen molar-refractivity contribution in [2.75, 3.05) is 13.2 Å². The van der Waals surface area contributed by atoms with Gasteiger partial charge in [-0.3, -0.25) is 0 Å². The first kappa shape index (κ1) is 16.3. The first-order chi connectivity index (χ1) is 9.84. The Morgan fingerprint density at radius 3 is 2.48 bits per heavy atom. The zero-order chi connectivity index (χ0) is 15.6. The Kier molecular flexibility index (Phi) is 4.91. The van der Waals surface area contributed by atoms with Crippen LogP contribution in [0.5, 0.6) is 5.75 Å². The molecule has 2 atom stereocenters. The molecule has 1 fully saturated rings. The molecule has 1 aliphatic heterocycles. The molecule has 1 N–H and O–H groups in total. The highest BCUT2D eigenvalue weighted by Gasteiger charge is 2.38. The fraction of sp³-hybridized carbons (Fsp3) is 0.600. The lowest BCUT2D eigenvalue weighted by atomic mass is 10.1.